The van der Waals surface area contributed by atoms with Gasteiger partial charge in [-0.1, -0.05) is 0 Å². The highest BCUT2D eigenvalue weighted by Gasteiger charge is 2.09. The normalized spacial score (nSPS) is 12.0. The number of carboxylic acid groups (broad SMARTS) is 1. The van der Waals surface area contributed by atoms with Crippen LogP contribution in [0, 0.1) is 5.41 Å². The number of carbonyl (C=O) groups is 1. The van der Waals surface area contributed by atoms with Crippen LogP contribution >= 0.6 is 15.7 Å². The summed E-state index contributed by atoms with van der Waals surface area (Å²) in [6.45, 7) is 0.482. The molecule has 0 aliphatic rings. The van der Waals surface area contributed by atoms with E-state index in [9.17, 15) is 8.99 Å². The van der Waals surface area contributed by atoms with Gasteiger partial charge in [0, 0.05) is 6.54 Å². The molecule has 13 nitrogen and oxygen atoms in total. The maximum Gasteiger partial charge on any atom is 0.507 e. The molecule has 0 aromatic rings. The molecule has 12 N–H and O–H groups in total. The first-order valence-corrected chi connectivity index (χ1v) is 8.20. The van der Waals surface area contributed by atoms with Crippen LogP contribution in [0.25, 0.3) is 0 Å². The van der Waals surface area contributed by atoms with Crippen LogP contribution in [-0.2, 0) is 13.9 Å². The Kier molecular flexibility index (Phi) is 14.6. The van der Waals surface area contributed by atoms with Crippen molar-refractivity contribution < 1.29 is 47.7 Å². The van der Waals surface area contributed by atoms with Gasteiger partial charge in [-0.3, -0.25) is 20.0 Å². The summed E-state index contributed by atoms with van der Waals surface area (Å²) in [5, 5.41) is 17.7. The highest BCUT2D eigenvalue weighted by Crippen LogP contribution is 2.35. The first-order valence-electron chi connectivity index (χ1n) is 5.13. The molecule has 0 rings (SSSR count). The molecular formula is C6H19FN4O9P2. The Labute approximate surface area is 124 Å². The molecule has 134 valence electrons. The van der Waals surface area contributed by atoms with Gasteiger partial charge in [0.15, 0.2) is 5.96 Å². The van der Waals surface area contributed by atoms with E-state index in [1.807, 2.05) is 0 Å². The third-order valence-corrected chi connectivity index (χ3v) is 1.32. The Balaban J connectivity index is -0.000000298. The minimum atomic E-state index is -5.14. The number of nitrogens with one attached hydrogen (secondary N) is 2. The topological polar surface area (TPSA) is 261 Å². The molecule has 0 saturated carbocycles. The van der Waals surface area contributed by atoms with Crippen molar-refractivity contribution in [1.29, 1.82) is 5.41 Å². The van der Waals surface area contributed by atoms with Crippen molar-refractivity contribution in [3.8, 4) is 0 Å². The van der Waals surface area contributed by atoms with Crippen molar-refractivity contribution in [1.82, 2.24) is 5.32 Å². The van der Waals surface area contributed by atoms with Gasteiger partial charge in [0.1, 0.15) is 6.04 Å². The molecule has 0 aromatic heterocycles. The summed E-state index contributed by atoms with van der Waals surface area (Å²) < 4.78 is 27.9. The van der Waals surface area contributed by atoms with Gasteiger partial charge in [-0.15, -0.1) is 4.20 Å². The highest BCUT2D eigenvalue weighted by atomic mass is 31.2. The highest BCUT2D eigenvalue weighted by molar-refractivity contribution is 7.45. The Morgan fingerprint density at radius 2 is 1.55 bits per heavy atom. The van der Waals surface area contributed by atoms with Crippen LogP contribution in [0.2, 0.25) is 0 Å². The molecule has 16 heteroatoms. The van der Waals surface area contributed by atoms with E-state index in [1.54, 1.807) is 0 Å². The van der Waals surface area contributed by atoms with Crippen molar-refractivity contribution in [2.24, 2.45) is 11.5 Å². The van der Waals surface area contributed by atoms with Crippen LogP contribution in [0.15, 0.2) is 0 Å². The number of hydrogen-bond acceptors (Lipinski definition) is 5. The van der Waals surface area contributed by atoms with Gasteiger partial charge in [0.25, 0.3) is 0 Å². The maximum atomic E-state index is 10.4. The van der Waals surface area contributed by atoms with Gasteiger partial charge in [-0.05, 0) is 12.8 Å². The third kappa shape index (κ3) is 61.8. The quantitative estimate of drug-likeness (QED) is 0.106. The van der Waals surface area contributed by atoms with Crippen LogP contribution in [0.1, 0.15) is 12.8 Å². The minimum absolute atomic E-state index is 0.112. The van der Waals surface area contributed by atoms with Crippen LogP contribution in [0.4, 0.5) is 4.20 Å². The van der Waals surface area contributed by atoms with Crippen molar-refractivity contribution in [2.75, 3.05) is 6.54 Å². The first kappa shape index (κ1) is 25.8. The van der Waals surface area contributed by atoms with E-state index in [2.05, 4.69) is 5.32 Å². The van der Waals surface area contributed by atoms with Gasteiger partial charge >= 0.3 is 21.7 Å². The standard InChI is InChI=1S/C6H14N4O2.FH2O3P.H3O4P/c7-4(5(11)12)2-1-3-10-6(8)9;2*1-5(2,3)4/h4H,1-3,7H2,(H,11,12)(H4,8,9,10);(H2,2,3,4);(H3,1,2,3,4). The molecule has 1 atom stereocenters. The zero-order valence-corrected chi connectivity index (χ0v) is 12.8. The summed E-state index contributed by atoms with van der Waals surface area (Å²) in [5.41, 5.74) is 10.2. The van der Waals surface area contributed by atoms with Crippen molar-refractivity contribution in [3.63, 3.8) is 0 Å². The van der Waals surface area contributed by atoms with Gasteiger partial charge in [-0.2, -0.15) is 0 Å². The molecule has 22 heavy (non-hydrogen) atoms. The second kappa shape index (κ2) is 12.4. The molecule has 0 aliphatic carbocycles. The lowest BCUT2D eigenvalue weighted by atomic mass is 10.2. The number of halogens is 1. The Hall–Kier alpha value is -1.11. The monoisotopic (exact) mass is 372 g/mol. The summed E-state index contributed by atoms with van der Waals surface area (Å²) in [7, 11) is -9.78. The molecule has 0 heterocycles. The predicted octanol–water partition coefficient (Wildman–Crippen LogP) is -2.22. The first-order chi connectivity index (χ1) is 9.54. The molecule has 0 radical (unpaired) electrons. The van der Waals surface area contributed by atoms with E-state index in [1.165, 1.54) is 0 Å². The second-order valence-electron chi connectivity index (χ2n) is 3.41. The minimum Gasteiger partial charge on any atom is -0.480 e. The molecule has 1 unspecified atom stereocenters. The SMILES string of the molecule is N=C(N)NCCCC(N)C(=O)O.O=P(O)(O)F.O=P(O)(O)O. The summed E-state index contributed by atoms with van der Waals surface area (Å²) >= 11 is 0. The van der Waals surface area contributed by atoms with E-state index in [-0.39, 0.29) is 5.96 Å². The molecule has 0 aromatic carbocycles. The Morgan fingerprint density at radius 1 is 1.23 bits per heavy atom. The molecule has 0 fully saturated rings. The predicted molar refractivity (Wildman–Crippen MR) is 72.2 cm³/mol. The Bertz CT molecular complexity index is 388. The third-order valence-electron chi connectivity index (χ3n) is 1.32. The van der Waals surface area contributed by atoms with Gasteiger partial charge in [0.05, 0.1) is 0 Å². The van der Waals surface area contributed by atoms with E-state index in [0.29, 0.717) is 19.4 Å². The fourth-order valence-electron chi connectivity index (χ4n) is 0.669. The zero-order chi connectivity index (χ0) is 18.6. The van der Waals surface area contributed by atoms with E-state index < -0.39 is 27.7 Å². The Morgan fingerprint density at radius 3 is 1.77 bits per heavy atom. The fraction of sp³-hybridized carbons (Fsp3) is 0.667. The van der Waals surface area contributed by atoms with E-state index >= 15 is 0 Å². The van der Waals surface area contributed by atoms with Crippen molar-refractivity contribution in [2.45, 2.75) is 18.9 Å². The number of carboxylic acids is 1. The lowest BCUT2D eigenvalue weighted by Gasteiger charge is -2.06. The second-order valence-corrected chi connectivity index (χ2v) is 5.39. The lowest BCUT2D eigenvalue weighted by molar-refractivity contribution is -0.138. The molecule has 0 bridgehead atoms. The van der Waals surface area contributed by atoms with Crippen LogP contribution in [0.3, 0.4) is 0 Å². The molecule has 0 spiro atoms. The zero-order valence-electron chi connectivity index (χ0n) is 11.0. The number of rotatable bonds is 5. The smallest absolute Gasteiger partial charge is 0.480 e. The van der Waals surface area contributed by atoms with Gasteiger partial charge in [0.2, 0.25) is 0 Å². The van der Waals surface area contributed by atoms with Crippen molar-refractivity contribution >= 4 is 27.7 Å². The average molecular weight is 372 g/mol. The van der Waals surface area contributed by atoms with Crippen LogP contribution in [-0.4, -0.2) is 54.1 Å². The van der Waals surface area contributed by atoms with Crippen LogP contribution in [0.5, 0.6) is 0 Å². The van der Waals surface area contributed by atoms with Gasteiger partial charge < -0.3 is 36.6 Å². The summed E-state index contributed by atoms with van der Waals surface area (Å²) in [4.78, 5) is 45.7. The molecule has 0 saturated heterocycles. The molecule has 0 amide bonds. The molecule has 0 aliphatic heterocycles. The average Bonchev–Trinajstić information content (AvgIpc) is 2.18. The van der Waals surface area contributed by atoms with E-state index in [4.69, 9.17) is 55.6 Å². The maximum absolute atomic E-state index is 10.4. The van der Waals surface area contributed by atoms with Crippen molar-refractivity contribution in [3.05, 3.63) is 0 Å². The summed E-state index contributed by atoms with van der Waals surface area (Å²) in [5.74, 6) is -1.11. The largest absolute Gasteiger partial charge is 0.507 e. The lowest BCUT2D eigenvalue weighted by Crippen LogP contribution is -2.34. The molecular weight excluding hydrogens is 353 g/mol. The number of aliphatic carboxylic acids is 1. The number of guanidine groups is 1. The van der Waals surface area contributed by atoms with Crippen LogP contribution < -0.4 is 16.8 Å². The number of phosphoric acid groups is 1. The van der Waals surface area contributed by atoms with E-state index in [0.717, 1.165) is 0 Å². The summed E-state index contributed by atoms with van der Waals surface area (Å²) in [6.07, 6.45) is 0.975. The summed E-state index contributed by atoms with van der Waals surface area (Å²) in [6, 6.07) is -0.821. The number of hydrogen-bond donors (Lipinski definition) is 10. The number of nitrogens with two attached hydrogens (primary N) is 2. The van der Waals surface area contributed by atoms with Gasteiger partial charge in [-0.25, -0.2) is 9.13 Å². The fourth-order valence-corrected chi connectivity index (χ4v) is 0.669.